The number of carboxylic acids is 1. The van der Waals surface area contributed by atoms with Gasteiger partial charge in [0.25, 0.3) is 0 Å². The van der Waals surface area contributed by atoms with E-state index in [1.54, 1.807) is 0 Å². The molecule has 5 nitrogen and oxygen atoms in total. The molecule has 0 radical (unpaired) electrons. The fourth-order valence-electron chi connectivity index (χ4n) is 4.04. The predicted octanol–water partition coefficient (Wildman–Crippen LogP) is 1.18. The summed E-state index contributed by atoms with van der Waals surface area (Å²) in [5.41, 5.74) is 0. The van der Waals surface area contributed by atoms with E-state index in [4.69, 9.17) is 5.11 Å². The molecular weight excluding hydrogens is 256 g/mol. The molecule has 20 heavy (non-hydrogen) atoms. The van der Waals surface area contributed by atoms with Crippen LogP contribution in [-0.2, 0) is 9.59 Å². The number of nitrogens with zero attached hydrogens (tertiary/aromatic N) is 2. The third-order valence-electron chi connectivity index (χ3n) is 5.32. The average molecular weight is 280 g/mol. The molecular formula is C15H24N2O3. The maximum absolute atomic E-state index is 12.6. The van der Waals surface area contributed by atoms with Crippen molar-refractivity contribution in [1.82, 2.24) is 9.80 Å². The Labute approximate surface area is 119 Å². The van der Waals surface area contributed by atoms with Crippen molar-refractivity contribution >= 4 is 11.9 Å². The van der Waals surface area contributed by atoms with Crippen LogP contribution in [0.5, 0.6) is 0 Å². The highest BCUT2D eigenvalue weighted by molar-refractivity contribution is 5.79. The molecule has 2 saturated heterocycles. The van der Waals surface area contributed by atoms with Crippen LogP contribution in [0.25, 0.3) is 0 Å². The molecule has 1 amide bonds. The molecule has 1 aliphatic carbocycles. The third-order valence-corrected chi connectivity index (χ3v) is 5.32. The van der Waals surface area contributed by atoms with Crippen molar-refractivity contribution in [2.75, 3.05) is 26.2 Å². The molecule has 3 fully saturated rings. The lowest BCUT2D eigenvalue weighted by Crippen LogP contribution is -2.53. The smallest absolute Gasteiger partial charge is 0.306 e. The molecule has 1 saturated carbocycles. The Bertz CT molecular complexity index is 391. The van der Waals surface area contributed by atoms with Gasteiger partial charge in [-0.1, -0.05) is 0 Å². The number of carboxylic acid groups (broad SMARTS) is 1. The molecule has 0 spiro atoms. The van der Waals surface area contributed by atoms with Crippen molar-refractivity contribution in [1.29, 1.82) is 0 Å². The van der Waals surface area contributed by atoms with Crippen molar-refractivity contribution in [2.45, 2.75) is 44.6 Å². The van der Waals surface area contributed by atoms with Crippen LogP contribution in [0.15, 0.2) is 0 Å². The minimum absolute atomic E-state index is 0.0681. The second-order valence-corrected chi connectivity index (χ2v) is 6.50. The van der Waals surface area contributed by atoms with E-state index in [0.29, 0.717) is 18.9 Å². The van der Waals surface area contributed by atoms with Gasteiger partial charge in [0.15, 0.2) is 0 Å². The van der Waals surface area contributed by atoms with Crippen LogP contribution in [0.4, 0.5) is 0 Å². The van der Waals surface area contributed by atoms with E-state index in [9.17, 15) is 9.59 Å². The molecule has 2 heterocycles. The fourth-order valence-corrected chi connectivity index (χ4v) is 4.04. The molecule has 1 atom stereocenters. The number of hydrogen-bond donors (Lipinski definition) is 1. The molecule has 112 valence electrons. The summed E-state index contributed by atoms with van der Waals surface area (Å²) in [5.74, 6) is -0.583. The van der Waals surface area contributed by atoms with E-state index >= 15 is 0 Å². The Morgan fingerprint density at radius 3 is 2.30 bits per heavy atom. The maximum Gasteiger partial charge on any atom is 0.306 e. The van der Waals surface area contributed by atoms with E-state index in [1.165, 1.54) is 19.4 Å². The second-order valence-electron chi connectivity index (χ2n) is 6.50. The summed E-state index contributed by atoms with van der Waals surface area (Å²) >= 11 is 0. The van der Waals surface area contributed by atoms with E-state index in [-0.39, 0.29) is 17.7 Å². The van der Waals surface area contributed by atoms with Gasteiger partial charge in [0.1, 0.15) is 0 Å². The summed E-state index contributed by atoms with van der Waals surface area (Å²) in [6.07, 6.45) is 5.30. The van der Waals surface area contributed by atoms with Crippen LogP contribution in [0.1, 0.15) is 38.5 Å². The molecule has 0 bridgehead atoms. The Morgan fingerprint density at radius 1 is 0.900 bits per heavy atom. The van der Waals surface area contributed by atoms with Gasteiger partial charge in [-0.2, -0.15) is 0 Å². The Hall–Kier alpha value is -1.10. The first-order chi connectivity index (χ1) is 9.65. The van der Waals surface area contributed by atoms with Gasteiger partial charge < -0.3 is 10.0 Å². The van der Waals surface area contributed by atoms with Crippen molar-refractivity contribution in [2.24, 2.45) is 11.8 Å². The zero-order valence-corrected chi connectivity index (χ0v) is 12.0. The first kappa shape index (κ1) is 13.9. The quantitative estimate of drug-likeness (QED) is 0.825. The highest BCUT2D eigenvalue weighted by Gasteiger charge is 2.36. The molecule has 0 aromatic rings. The van der Waals surface area contributed by atoms with E-state index in [1.807, 2.05) is 4.90 Å². The topological polar surface area (TPSA) is 60.9 Å². The van der Waals surface area contributed by atoms with Gasteiger partial charge in [-0.3, -0.25) is 14.5 Å². The van der Waals surface area contributed by atoms with Crippen molar-refractivity contribution in [3.8, 4) is 0 Å². The molecule has 3 aliphatic rings. The molecule has 1 unspecified atom stereocenters. The summed E-state index contributed by atoms with van der Waals surface area (Å²) in [7, 11) is 0. The van der Waals surface area contributed by atoms with Crippen molar-refractivity contribution in [3.05, 3.63) is 0 Å². The standard InChI is InChI=1S/C15H24N2O3/c18-14(11-3-5-12(6-4-11)15(19)20)17-9-8-16-7-1-2-13(16)10-17/h11-13H,1-10H2,(H,19,20). The lowest BCUT2D eigenvalue weighted by molar-refractivity contribution is -0.146. The Kier molecular flexibility index (Phi) is 3.96. The van der Waals surface area contributed by atoms with Gasteiger partial charge in [0.05, 0.1) is 5.92 Å². The second kappa shape index (κ2) is 5.72. The molecule has 0 aromatic carbocycles. The number of piperazine rings is 1. The summed E-state index contributed by atoms with van der Waals surface area (Å²) in [6, 6.07) is 0.572. The Morgan fingerprint density at radius 2 is 1.60 bits per heavy atom. The third kappa shape index (κ3) is 2.68. The van der Waals surface area contributed by atoms with Crippen LogP contribution in [0, 0.1) is 11.8 Å². The number of amides is 1. The minimum Gasteiger partial charge on any atom is -0.481 e. The predicted molar refractivity (Wildman–Crippen MR) is 74.3 cm³/mol. The van der Waals surface area contributed by atoms with Gasteiger partial charge in [-0.25, -0.2) is 0 Å². The molecule has 3 rings (SSSR count). The van der Waals surface area contributed by atoms with Crippen LogP contribution in [0.2, 0.25) is 0 Å². The normalized spacial score (nSPS) is 34.8. The number of rotatable bonds is 2. The SMILES string of the molecule is O=C(O)C1CCC(C(=O)N2CCN3CCCC3C2)CC1. The molecule has 0 aromatic heterocycles. The summed E-state index contributed by atoms with van der Waals surface area (Å²) in [4.78, 5) is 28.1. The number of hydrogen-bond acceptors (Lipinski definition) is 3. The van der Waals surface area contributed by atoms with Gasteiger partial charge >= 0.3 is 5.97 Å². The first-order valence-electron chi connectivity index (χ1n) is 7.91. The Balaban J connectivity index is 1.53. The van der Waals surface area contributed by atoms with Crippen LogP contribution < -0.4 is 0 Å². The highest BCUT2D eigenvalue weighted by atomic mass is 16.4. The van der Waals surface area contributed by atoms with Gasteiger partial charge in [-0.05, 0) is 45.1 Å². The zero-order valence-electron chi connectivity index (χ0n) is 12.0. The zero-order chi connectivity index (χ0) is 14.1. The average Bonchev–Trinajstić information content (AvgIpc) is 2.94. The van der Waals surface area contributed by atoms with Gasteiger partial charge in [0.2, 0.25) is 5.91 Å². The van der Waals surface area contributed by atoms with E-state index in [0.717, 1.165) is 32.5 Å². The lowest BCUT2D eigenvalue weighted by Gasteiger charge is -2.39. The summed E-state index contributed by atoms with van der Waals surface area (Å²) < 4.78 is 0. The lowest BCUT2D eigenvalue weighted by atomic mass is 9.81. The van der Waals surface area contributed by atoms with Crippen molar-refractivity contribution in [3.63, 3.8) is 0 Å². The number of carbonyl (C=O) groups is 2. The number of fused-ring (bicyclic) bond motifs is 1. The fraction of sp³-hybridized carbons (Fsp3) is 0.867. The molecule has 5 heteroatoms. The number of aliphatic carboxylic acids is 1. The maximum atomic E-state index is 12.6. The highest BCUT2D eigenvalue weighted by Crippen LogP contribution is 2.31. The summed E-state index contributed by atoms with van der Waals surface area (Å²) in [6.45, 7) is 3.95. The van der Waals surface area contributed by atoms with Crippen LogP contribution >= 0.6 is 0 Å². The van der Waals surface area contributed by atoms with Crippen molar-refractivity contribution < 1.29 is 14.7 Å². The van der Waals surface area contributed by atoms with Gasteiger partial charge in [-0.15, -0.1) is 0 Å². The summed E-state index contributed by atoms with van der Waals surface area (Å²) in [5, 5.41) is 9.01. The minimum atomic E-state index is -0.699. The number of carbonyl (C=O) groups excluding carboxylic acids is 1. The molecule has 2 aliphatic heterocycles. The largest absolute Gasteiger partial charge is 0.481 e. The monoisotopic (exact) mass is 280 g/mol. The van der Waals surface area contributed by atoms with E-state index < -0.39 is 5.97 Å². The first-order valence-corrected chi connectivity index (χ1v) is 7.91. The van der Waals surface area contributed by atoms with Crippen LogP contribution in [0.3, 0.4) is 0 Å². The molecule has 1 N–H and O–H groups in total. The van der Waals surface area contributed by atoms with E-state index in [2.05, 4.69) is 4.90 Å². The van der Waals surface area contributed by atoms with Crippen LogP contribution in [-0.4, -0.2) is 59.0 Å². The van der Waals surface area contributed by atoms with Gasteiger partial charge in [0, 0.05) is 31.6 Å².